The molecule has 5 aliphatic heterocycles. The highest BCUT2D eigenvalue weighted by molar-refractivity contribution is 5.74. The second-order valence-electron chi connectivity index (χ2n) is 15.1. The Morgan fingerprint density at radius 2 is 0.948 bits per heavy atom. The van der Waals surface area contributed by atoms with Gasteiger partial charge in [-0.05, 0) is 27.7 Å². The highest BCUT2D eigenvalue weighted by Gasteiger charge is 2.57. The van der Waals surface area contributed by atoms with Gasteiger partial charge in [-0.1, -0.05) is 0 Å². The van der Waals surface area contributed by atoms with Crippen LogP contribution >= 0.6 is 0 Å². The molecular formula is C34H57NO23. The van der Waals surface area contributed by atoms with Crippen molar-refractivity contribution in [3.63, 3.8) is 0 Å². The van der Waals surface area contributed by atoms with Gasteiger partial charge in [-0.2, -0.15) is 0 Å². The molecule has 58 heavy (non-hydrogen) atoms. The largest absolute Gasteiger partial charge is 0.479 e. The van der Waals surface area contributed by atoms with Crippen LogP contribution in [0.1, 0.15) is 34.6 Å². The maximum Gasteiger partial charge on any atom is 0.335 e. The number of methoxy groups -OCH3 is 2. The van der Waals surface area contributed by atoms with Crippen LogP contribution in [0.3, 0.4) is 0 Å². The number of nitrogens with one attached hydrogen (secondary N) is 1. The van der Waals surface area contributed by atoms with Crippen molar-refractivity contribution in [2.45, 2.75) is 188 Å². The van der Waals surface area contributed by atoms with Crippen LogP contribution in [0.4, 0.5) is 0 Å². The summed E-state index contributed by atoms with van der Waals surface area (Å²) in [5.74, 6) is -2.13. The van der Waals surface area contributed by atoms with E-state index in [0.717, 1.165) is 0 Å². The third-order valence-electron chi connectivity index (χ3n) is 11.0. The topological polar surface area (TPSA) is 350 Å². The maximum atomic E-state index is 12.4. The average Bonchev–Trinajstić information content (AvgIpc) is 3.15. The van der Waals surface area contributed by atoms with E-state index in [9.17, 15) is 60.7 Å². The number of ether oxygens (including phenoxy) is 11. The number of carbonyl (C=O) groups excluding carboxylic acids is 1. The number of aliphatic hydroxyl groups is 9. The van der Waals surface area contributed by atoms with E-state index in [1.807, 2.05) is 0 Å². The Morgan fingerprint density at radius 3 is 1.53 bits per heavy atom. The first-order valence-electron chi connectivity index (χ1n) is 18.8. The van der Waals surface area contributed by atoms with Crippen LogP contribution in [0.5, 0.6) is 0 Å². The molecule has 0 aromatic heterocycles. The lowest BCUT2D eigenvalue weighted by Gasteiger charge is -2.49. The Kier molecular flexibility index (Phi) is 15.8. The van der Waals surface area contributed by atoms with Crippen LogP contribution in [0.15, 0.2) is 0 Å². The summed E-state index contributed by atoms with van der Waals surface area (Å²) in [4.78, 5) is 24.1. The van der Waals surface area contributed by atoms with Gasteiger partial charge >= 0.3 is 5.97 Å². The van der Waals surface area contributed by atoms with Gasteiger partial charge in [0.1, 0.15) is 85.5 Å². The van der Waals surface area contributed by atoms with Crippen molar-refractivity contribution in [2.75, 3.05) is 14.2 Å². The molecular weight excluding hydrogens is 790 g/mol. The Hall–Kier alpha value is -1.86. The van der Waals surface area contributed by atoms with Crippen LogP contribution in [-0.4, -0.2) is 231 Å². The monoisotopic (exact) mass is 847 g/mol. The summed E-state index contributed by atoms with van der Waals surface area (Å²) < 4.78 is 62.0. The van der Waals surface area contributed by atoms with E-state index in [2.05, 4.69) is 5.32 Å². The fraction of sp³-hybridized carbons (Fsp3) is 0.941. The number of hydrogen-bond acceptors (Lipinski definition) is 22. The second kappa shape index (κ2) is 19.5. The third kappa shape index (κ3) is 9.61. The van der Waals surface area contributed by atoms with Crippen LogP contribution in [0, 0.1) is 0 Å². The van der Waals surface area contributed by atoms with E-state index >= 15 is 0 Å². The molecule has 5 heterocycles. The molecule has 0 radical (unpaired) electrons. The highest BCUT2D eigenvalue weighted by Crippen LogP contribution is 2.36. The highest BCUT2D eigenvalue weighted by atomic mass is 16.8. The number of carboxylic acids is 1. The summed E-state index contributed by atoms with van der Waals surface area (Å²) in [6, 6.07) is -0.937. The summed E-state index contributed by atoms with van der Waals surface area (Å²) in [6.45, 7) is 6.97. The molecule has 0 aliphatic carbocycles. The minimum Gasteiger partial charge on any atom is -0.479 e. The van der Waals surface area contributed by atoms with Gasteiger partial charge in [0.25, 0.3) is 0 Å². The van der Waals surface area contributed by atoms with Crippen molar-refractivity contribution in [3.8, 4) is 0 Å². The maximum absolute atomic E-state index is 12.4. The van der Waals surface area contributed by atoms with E-state index in [0.29, 0.717) is 0 Å². The van der Waals surface area contributed by atoms with E-state index in [-0.39, 0.29) is 0 Å². The van der Waals surface area contributed by atoms with Gasteiger partial charge in [0.2, 0.25) is 5.91 Å². The zero-order valence-electron chi connectivity index (χ0n) is 32.7. The SMILES string of the molecule is CO[C@@H]1[C@H](O[C@@H]2[C@@H](O)[C@H](C)O[C@@H](O[C@H]3C(O)O[C@@H](C)[C@@H](O)[C@H]3O)[C@@H]2O)O[C@@H](C)[C@@H](O[C@@H]2O[C@H](C(=O)O)[C@@H](O[C@H]3O[C@H](C)[C@H](NC(C)=O)[C@H](O)[C@H]3OC)[C@H](O)[C@H]2O)[C@H]1O. The molecule has 11 N–H and O–H groups in total. The molecule has 24 heteroatoms. The van der Waals surface area contributed by atoms with Gasteiger partial charge in [-0.15, -0.1) is 0 Å². The predicted octanol–water partition coefficient (Wildman–Crippen LogP) is -6.27. The van der Waals surface area contributed by atoms with Crippen molar-refractivity contribution < 1.29 is 113 Å². The summed E-state index contributed by atoms with van der Waals surface area (Å²) in [5.41, 5.74) is 0. The fourth-order valence-electron chi connectivity index (χ4n) is 7.71. The molecule has 0 spiro atoms. The predicted molar refractivity (Wildman–Crippen MR) is 183 cm³/mol. The number of aliphatic carboxylic acids is 1. The minimum absolute atomic E-state index is 0.467. The molecule has 5 aliphatic rings. The molecule has 0 aromatic rings. The minimum atomic E-state index is -2.03. The van der Waals surface area contributed by atoms with Gasteiger partial charge < -0.3 is 108 Å². The number of hydrogen-bond donors (Lipinski definition) is 11. The smallest absolute Gasteiger partial charge is 0.335 e. The molecule has 24 nitrogen and oxygen atoms in total. The molecule has 336 valence electrons. The van der Waals surface area contributed by atoms with Gasteiger partial charge in [0, 0.05) is 21.1 Å². The Balaban J connectivity index is 1.26. The third-order valence-corrected chi connectivity index (χ3v) is 11.0. The molecule has 0 aromatic carbocycles. The Morgan fingerprint density at radius 1 is 0.466 bits per heavy atom. The summed E-state index contributed by atoms with van der Waals surface area (Å²) in [5, 5.41) is 111. The fourth-order valence-corrected chi connectivity index (χ4v) is 7.71. The van der Waals surface area contributed by atoms with Gasteiger partial charge in [-0.25, -0.2) is 4.79 Å². The number of aliphatic hydroxyl groups excluding tert-OH is 9. The van der Waals surface area contributed by atoms with Crippen LogP contribution < -0.4 is 5.32 Å². The first-order chi connectivity index (χ1) is 27.2. The molecule has 5 fully saturated rings. The standard InChI is InChI=1S/C34H57NO23/c1-8-13(35-12(5)36)16(39)26(48-6)33(51-8)56-24-18(41)19(42)31(58-28(24)29(45)46)54-22-11(4)53-34(27(49-7)20(22)43)55-23-15(38)10(3)52-32(21(23)44)57-25-17(40)14(37)9(2)50-30(25)47/h8-11,13-28,30-34,37-44,47H,1-7H3,(H,35,36)(H,45,46)/t8-,9+,10+,11+,13+,14-,15+,16+,17-,18-,19-,20-,21-,22-,23-,24+,25-,26-,27+,28+,30?,31-,32+,33-,34+/m1/s1. The lowest BCUT2D eigenvalue weighted by Crippen LogP contribution is -2.68. The van der Waals surface area contributed by atoms with Crippen LogP contribution in [-0.2, 0) is 61.7 Å². The van der Waals surface area contributed by atoms with Crippen LogP contribution in [0.2, 0.25) is 0 Å². The number of amides is 1. The zero-order valence-corrected chi connectivity index (χ0v) is 32.7. The average molecular weight is 848 g/mol. The van der Waals surface area contributed by atoms with E-state index < -0.39 is 165 Å². The molecule has 0 bridgehead atoms. The van der Waals surface area contributed by atoms with Crippen molar-refractivity contribution >= 4 is 11.9 Å². The molecule has 25 atom stereocenters. The van der Waals surface area contributed by atoms with E-state index in [4.69, 9.17) is 52.1 Å². The molecule has 1 unspecified atom stereocenters. The normalized spacial score (nSPS) is 51.6. The Labute approximate surface area is 332 Å². The lowest BCUT2D eigenvalue weighted by atomic mass is 9.95. The number of rotatable bonds is 12. The van der Waals surface area contributed by atoms with Gasteiger partial charge in [-0.3, -0.25) is 4.79 Å². The van der Waals surface area contributed by atoms with Crippen molar-refractivity contribution in [3.05, 3.63) is 0 Å². The Bertz CT molecular complexity index is 1370. The van der Waals surface area contributed by atoms with Crippen molar-refractivity contribution in [1.29, 1.82) is 0 Å². The first-order valence-corrected chi connectivity index (χ1v) is 18.8. The van der Waals surface area contributed by atoms with Crippen LogP contribution in [0.25, 0.3) is 0 Å². The zero-order chi connectivity index (χ0) is 43.1. The summed E-state index contributed by atoms with van der Waals surface area (Å²) in [6.07, 6.45) is -37.4. The molecule has 0 saturated carbocycles. The quantitative estimate of drug-likeness (QED) is 0.0870. The van der Waals surface area contributed by atoms with Crippen molar-refractivity contribution in [2.24, 2.45) is 0 Å². The summed E-state index contributed by atoms with van der Waals surface area (Å²) >= 11 is 0. The number of carbonyl (C=O) groups is 2. The lowest BCUT2D eigenvalue weighted by molar-refractivity contribution is -0.389. The van der Waals surface area contributed by atoms with E-state index in [1.54, 1.807) is 0 Å². The second-order valence-corrected chi connectivity index (χ2v) is 15.1. The van der Waals surface area contributed by atoms with Crippen molar-refractivity contribution in [1.82, 2.24) is 5.32 Å². The van der Waals surface area contributed by atoms with Gasteiger partial charge in [0.05, 0.1) is 30.5 Å². The van der Waals surface area contributed by atoms with E-state index in [1.165, 1.54) is 48.8 Å². The molecule has 5 saturated heterocycles. The number of carboxylic acid groups (broad SMARTS) is 1. The summed E-state index contributed by atoms with van der Waals surface area (Å²) in [7, 11) is 2.37. The van der Waals surface area contributed by atoms with Gasteiger partial charge in [0.15, 0.2) is 37.6 Å². The first kappa shape index (κ1) is 47.2. The molecule has 1 amide bonds. The molecule has 5 rings (SSSR count).